The van der Waals surface area contributed by atoms with Gasteiger partial charge in [0, 0.05) is 11.6 Å². The monoisotopic (exact) mass is 264 g/mol. The van der Waals surface area contributed by atoms with Crippen molar-refractivity contribution >= 4 is 11.8 Å². The molecule has 0 fully saturated rings. The molecule has 6 nitrogen and oxygen atoms in total. The van der Waals surface area contributed by atoms with E-state index in [1.165, 1.54) is 0 Å². The smallest absolute Gasteiger partial charge is 0.251 e. The summed E-state index contributed by atoms with van der Waals surface area (Å²) in [7, 11) is 0. The van der Waals surface area contributed by atoms with E-state index in [-0.39, 0.29) is 31.2 Å². The summed E-state index contributed by atoms with van der Waals surface area (Å²) >= 11 is 0. The predicted octanol–water partition coefficient (Wildman–Crippen LogP) is 0.670. The molecule has 1 aliphatic rings. The number of carbonyl (C=O) groups is 2. The van der Waals surface area contributed by atoms with Crippen molar-refractivity contribution in [2.24, 2.45) is 0 Å². The number of amides is 2. The molecule has 0 saturated heterocycles. The molecule has 0 aromatic heterocycles. The summed E-state index contributed by atoms with van der Waals surface area (Å²) in [6, 6.07) is 4.95. The summed E-state index contributed by atoms with van der Waals surface area (Å²) in [5, 5.41) is 5.24. The molecule has 0 unspecified atom stereocenters. The Morgan fingerprint density at radius 1 is 1.26 bits per heavy atom. The maximum atomic E-state index is 11.8. The molecule has 0 saturated carbocycles. The number of benzene rings is 1. The first-order chi connectivity index (χ1) is 9.06. The first kappa shape index (κ1) is 13.2. The van der Waals surface area contributed by atoms with Gasteiger partial charge in [0.25, 0.3) is 5.91 Å². The van der Waals surface area contributed by atoms with Crippen molar-refractivity contribution in [1.82, 2.24) is 10.6 Å². The minimum Gasteiger partial charge on any atom is -0.454 e. The van der Waals surface area contributed by atoms with Crippen molar-refractivity contribution in [3.63, 3.8) is 0 Å². The zero-order valence-electron chi connectivity index (χ0n) is 10.9. The van der Waals surface area contributed by atoms with Crippen LogP contribution in [0.15, 0.2) is 18.2 Å². The van der Waals surface area contributed by atoms with Gasteiger partial charge in [0.15, 0.2) is 11.5 Å². The fraction of sp³-hybridized carbons (Fsp3) is 0.385. The lowest BCUT2D eigenvalue weighted by atomic mass is 10.2. The molecule has 2 N–H and O–H groups in total. The fourth-order valence-electron chi connectivity index (χ4n) is 1.67. The zero-order valence-corrected chi connectivity index (χ0v) is 10.9. The van der Waals surface area contributed by atoms with Crippen molar-refractivity contribution in [2.45, 2.75) is 19.9 Å². The number of carbonyl (C=O) groups excluding carboxylic acids is 2. The zero-order chi connectivity index (χ0) is 13.8. The second-order valence-corrected chi connectivity index (χ2v) is 4.47. The fourth-order valence-corrected chi connectivity index (χ4v) is 1.67. The van der Waals surface area contributed by atoms with Crippen LogP contribution in [0.3, 0.4) is 0 Å². The standard InChI is InChI=1S/C13H16N2O4/c1-8(2)15-12(16)6-14-13(17)9-3-4-10-11(5-9)19-7-18-10/h3-5,8H,6-7H2,1-2H3,(H,14,17)(H,15,16). The van der Waals surface area contributed by atoms with E-state index < -0.39 is 0 Å². The normalized spacial score (nSPS) is 12.4. The first-order valence-corrected chi connectivity index (χ1v) is 6.03. The van der Waals surface area contributed by atoms with Crippen molar-refractivity contribution in [3.8, 4) is 11.5 Å². The van der Waals surface area contributed by atoms with Gasteiger partial charge in [-0.15, -0.1) is 0 Å². The van der Waals surface area contributed by atoms with Gasteiger partial charge in [0.1, 0.15) is 0 Å². The van der Waals surface area contributed by atoms with Crippen molar-refractivity contribution in [2.75, 3.05) is 13.3 Å². The van der Waals surface area contributed by atoms with E-state index in [1.807, 2.05) is 13.8 Å². The molecule has 102 valence electrons. The van der Waals surface area contributed by atoms with Crippen molar-refractivity contribution < 1.29 is 19.1 Å². The van der Waals surface area contributed by atoms with Crippen LogP contribution in [0.2, 0.25) is 0 Å². The molecule has 6 heteroatoms. The molecule has 1 aliphatic heterocycles. The third kappa shape index (κ3) is 3.37. The van der Waals surface area contributed by atoms with Crippen LogP contribution in [0.25, 0.3) is 0 Å². The highest BCUT2D eigenvalue weighted by molar-refractivity contribution is 5.97. The summed E-state index contributed by atoms with van der Waals surface area (Å²) in [6.45, 7) is 3.83. The van der Waals surface area contributed by atoms with E-state index in [2.05, 4.69) is 10.6 Å². The van der Waals surface area contributed by atoms with Gasteiger partial charge in [0.05, 0.1) is 6.54 Å². The Morgan fingerprint density at radius 2 is 2.00 bits per heavy atom. The maximum absolute atomic E-state index is 11.8. The first-order valence-electron chi connectivity index (χ1n) is 6.03. The Morgan fingerprint density at radius 3 is 2.74 bits per heavy atom. The van der Waals surface area contributed by atoms with Gasteiger partial charge in [-0.05, 0) is 32.0 Å². The Balaban J connectivity index is 1.91. The Bertz CT molecular complexity index is 499. The molecule has 0 spiro atoms. The summed E-state index contributed by atoms with van der Waals surface area (Å²) in [5.74, 6) is 0.620. The van der Waals surface area contributed by atoms with Crippen molar-refractivity contribution in [1.29, 1.82) is 0 Å². The summed E-state index contributed by atoms with van der Waals surface area (Å²) in [6.07, 6.45) is 0. The molecule has 0 aliphatic carbocycles. The Labute approximate surface area is 111 Å². The van der Waals surface area contributed by atoms with Gasteiger partial charge in [-0.2, -0.15) is 0 Å². The van der Waals surface area contributed by atoms with Crippen LogP contribution in [0, 0.1) is 0 Å². The van der Waals surface area contributed by atoms with E-state index in [9.17, 15) is 9.59 Å². The molecule has 1 aromatic rings. The largest absolute Gasteiger partial charge is 0.454 e. The molecule has 0 bridgehead atoms. The predicted molar refractivity (Wildman–Crippen MR) is 68.2 cm³/mol. The number of ether oxygens (including phenoxy) is 2. The highest BCUT2D eigenvalue weighted by Crippen LogP contribution is 2.32. The molecule has 0 radical (unpaired) electrons. The van der Waals surface area contributed by atoms with Gasteiger partial charge in [-0.1, -0.05) is 0 Å². The Hall–Kier alpha value is -2.24. The molecule has 0 atom stereocenters. The summed E-state index contributed by atoms with van der Waals surface area (Å²) < 4.78 is 10.3. The highest BCUT2D eigenvalue weighted by atomic mass is 16.7. The van der Waals surface area contributed by atoms with Crippen LogP contribution in [0.1, 0.15) is 24.2 Å². The molecule has 1 heterocycles. The maximum Gasteiger partial charge on any atom is 0.251 e. The molecule has 2 amide bonds. The molecule has 19 heavy (non-hydrogen) atoms. The van der Waals surface area contributed by atoms with Gasteiger partial charge >= 0.3 is 0 Å². The molecule has 1 aromatic carbocycles. The highest BCUT2D eigenvalue weighted by Gasteiger charge is 2.16. The number of hydrogen-bond acceptors (Lipinski definition) is 4. The number of nitrogens with one attached hydrogen (secondary N) is 2. The van der Waals surface area contributed by atoms with Crippen LogP contribution in [-0.4, -0.2) is 31.2 Å². The van der Waals surface area contributed by atoms with Gasteiger partial charge < -0.3 is 20.1 Å². The van der Waals surface area contributed by atoms with Gasteiger partial charge in [-0.25, -0.2) is 0 Å². The SMILES string of the molecule is CC(C)NC(=O)CNC(=O)c1ccc2c(c1)OCO2. The third-order valence-electron chi connectivity index (χ3n) is 2.49. The molecular weight excluding hydrogens is 248 g/mol. The van der Waals surface area contributed by atoms with Gasteiger partial charge in [0.2, 0.25) is 12.7 Å². The van der Waals surface area contributed by atoms with Crippen LogP contribution >= 0.6 is 0 Å². The Kier molecular flexibility index (Phi) is 3.89. The minimum atomic E-state index is -0.322. The van der Waals surface area contributed by atoms with Crippen LogP contribution in [0.4, 0.5) is 0 Å². The third-order valence-corrected chi connectivity index (χ3v) is 2.49. The van der Waals surface area contributed by atoms with E-state index >= 15 is 0 Å². The van der Waals surface area contributed by atoms with Crippen LogP contribution in [0.5, 0.6) is 11.5 Å². The lowest BCUT2D eigenvalue weighted by Crippen LogP contribution is -2.39. The average molecular weight is 264 g/mol. The number of rotatable bonds is 4. The van der Waals surface area contributed by atoms with Crippen molar-refractivity contribution in [3.05, 3.63) is 23.8 Å². The lowest BCUT2D eigenvalue weighted by molar-refractivity contribution is -0.120. The second-order valence-electron chi connectivity index (χ2n) is 4.47. The molecular formula is C13H16N2O4. The van der Waals surface area contributed by atoms with E-state index in [1.54, 1.807) is 18.2 Å². The molecule has 2 rings (SSSR count). The number of hydrogen-bond donors (Lipinski definition) is 2. The van der Waals surface area contributed by atoms with Gasteiger partial charge in [-0.3, -0.25) is 9.59 Å². The van der Waals surface area contributed by atoms with E-state index in [0.717, 1.165) is 0 Å². The minimum absolute atomic E-state index is 0.0501. The number of fused-ring (bicyclic) bond motifs is 1. The topological polar surface area (TPSA) is 76.7 Å². The summed E-state index contributed by atoms with van der Waals surface area (Å²) in [4.78, 5) is 23.3. The second kappa shape index (κ2) is 5.60. The summed E-state index contributed by atoms with van der Waals surface area (Å²) in [5.41, 5.74) is 0.432. The quantitative estimate of drug-likeness (QED) is 0.838. The van der Waals surface area contributed by atoms with E-state index in [0.29, 0.717) is 17.1 Å². The lowest BCUT2D eigenvalue weighted by Gasteiger charge is -2.09. The van der Waals surface area contributed by atoms with Crippen LogP contribution < -0.4 is 20.1 Å². The van der Waals surface area contributed by atoms with E-state index in [4.69, 9.17) is 9.47 Å². The van der Waals surface area contributed by atoms with Crippen LogP contribution in [-0.2, 0) is 4.79 Å². The average Bonchev–Trinajstić information content (AvgIpc) is 2.82.